The molecule has 0 unspecified atom stereocenters. The lowest BCUT2D eigenvalue weighted by Crippen LogP contribution is -2.07. The Morgan fingerprint density at radius 1 is 1.00 bits per heavy atom. The van der Waals surface area contributed by atoms with Crippen LogP contribution in [0.2, 0.25) is 0 Å². The summed E-state index contributed by atoms with van der Waals surface area (Å²) in [5.74, 6) is -0.343. The van der Waals surface area contributed by atoms with Gasteiger partial charge < -0.3 is 9.64 Å². The molecule has 0 N–H and O–H groups in total. The van der Waals surface area contributed by atoms with Crippen molar-refractivity contribution in [3.05, 3.63) is 81.5 Å². The number of aliphatic imine (C=N–C) groups is 1. The van der Waals surface area contributed by atoms with Crippen LogP contribution in [0.3, 0.4) is 0 Å². The fraction of sp³-hybridized carbons (Fsp3) is 0.100. The average Bonchev–Trinajstić information content (AvgIpc) is 3.00. The zero-order chi connectivity index (χ0) is 19.4. The number of non-ortho nitro benzene ring substituents is 1. The van der Waals surface area contributed by atoms with E-state index in [1.165, 1.54) is 12.1 Å². The fourth-order valence-electron chi connectivity index (χ4n) is 2.40. The van der Waals surface area contributed by atoms with Gasteiger partial charge in [-0.3, -0.25) is 10.1 Å². The van der Waals surface area contributed by atoms with Crippen molar-refractivity contribution in [3.8, 4) is 0 Å². The number of cyclic esters (lactones) is 1. The highest BCUT2D eigenvalue weighted by atomic mass is 16.6. The standard InChI is InChI=1S/C20H17N3O4/c1-22(2)16-8-5-15(6-9-16)13-18-20(24)27-19(21-18)12-7-14-3-10-17(11-4-14)23(25)26/h3-13H,1-2H3. The van der Waals surface area contributed by atoms with Gasteiger partial charge in [0.25, 0.3) is 5.69 Å². The van der Waals surface area contributed by atoms with Crippen molar-refractivity contribution < 1.29 is 14.5 Å². The summed E-state index contributed by atoms with van der Waals surface area (Å²) < 4.78 is 5.13. The number of hydrogen-bond acceptors (Lipinski definition) is 6. The number of anilines is 1. The Bertz CT molecular complexity index is 956. The van der Waals surface area contributed by atoms with Gasteiger partial charge in [0.2, 0.25) is 5.90 Å². The van der Waals surface area contributed by atoms with Crippen LogP contribution in [0.15, 0.2) is 65.3 Å². The second kappa shape index (κ2) is 7.65. The Morgan fingerprint density at radius 3 is 2.22 bits per heavy atom. The number of carbonyl (C=O) groups excluding carboxylic acids is 1. The van der Waals surface area contributed by atoms with E-state index in [1.54, 1.807) is 30.4 Å². The average molecular weight is 363 g/mol. The highest BCUT2D eigenvalue weighted by Crippen LogP contribution is 2.19. The summed E-state index contributed by atoms with van der Waals surface area (Å²) in [5, 5.41) is 10.7. The van der Waals surface area contributed by atoms with Gasteiger partial charge in [-0.05, 0) is 47.5 Å². The Labute approximate surface area is 156 Å². The molecule has 0 aromatic heterocycles. The molecule has 2 aromatic rings. The Kier molecular flexibility index (Phi) is 5.12. The van der Waals surface area contributed by atoms with E-state index in [0.717, 1.165) is 16.8 Å². The molecule has 7 heteroatoms. The first-order chi connectivity index (χ1) is 12.9. The zero-order valence-electron chi connectivity index (χ0n) is 14.8. The Morgan fingerprint density at radius 2 is 1.63 bits per heavy atom. The lowest BCUT2D eigenvalue weighted by Gasteiger charge is -2.11. The molecule has 0 bridgehead atoms. The van der Waals surface area contributed by atoms with Gasteiger partial charge in [0.15, 0.2) is 5.70 Å². The van der Waals surface area contributed by atoms with E-state index in [1.807, 2.05) is 43.3 Å². The Hall–Kier alpha value is -3.74. The fourth-order valence-corrected chi connectivity index (χ4v) is 2.40. The summed E-state index contributed by atoms with van der Waals surface area (Å²) in [7, 11) is 3.91. The molecule has 0 saturated carbocycles. The summed E-state index contributed by atoms with van der Waals surface area (Å²) >= 11 is 0. The second-order valence-electron chi connectivity index (χ2n) is 6.04. The van der Waals surface area contributed by atoms with Crippen molar-refractivity contribution in [2.24, 2.45) is 4.99 Å². The molecule has 0 radical (unpaired) electrons. The molecule has 1 aliphatic rings. The van der Waals surface area contributed by atoms with Gasteiger partial charge in [-0.25, -0.2) is 9.79 Å². The first-order valence-electron chi connectivity index (χ1n) is 8.15. The third-order valence-electron chi connectivity index (χ3n) is 3.87. The van der Waals surface area contributed by atoms with Crippen molar-refractivity contribution in [1.29, 1.82) is 0 Å². The number of nitrogens with zero attached hydrogens (tertiary/aromatic N) is 3. The van der Waals surface area contributed by atoms with Crippen molar-refractivity contribution in [2.75, 3.05) is 19.0 Å². The number of carbonyl (C=O) groups is 1. The summed E-state index contributed by atoms with van der Waals surface area (Å²) in [4.78, 5) is 28.3. The highest BCUT2D eigenvalue weighted by molar-refractivity contribution is 6.11. The molecule has 0 fully saturated rings. The SMILES string of the molecule is CN(C)c1ccc(C=C2N=C(C=Cc3ccc([N+](=O)[O-])cc3)OC2=O)cc1. The van der Waals surface area contributed by atoms with Crippen LogP contribution in [-0.4, -0.2) is 30.9 Å². The van der Waals surface area contributed by atoms with Crippen LogP contribution in [0.25, 0.3) is 12.2 Å². The third kappa shape index (κ3) is 4.46. The molecule has 136 valence electrons. The van der Waals surface area contributed by atoms with Crippen LogP contribution in [0.5, 0.6) is 0 Å². The van der Waals surface area contributed by atoms with E-state index in [4.69, 9.17) is 4.74 Å². The summed E-state index contributed by atoms with van der Waals surface area (Å²) in [5.41, 5.74) is 2.87. The minimum Gasteiger partial charge on any atom is -0.403 e. The van der Waals surface area contributed by atoms with Gasteiger partial charge in [0.1, 0.15) is 0 Å². The molecular formula is C20H17N3O4. The first kappa shape index (κ1) is 18.1. The van der Waals surface area contributed by atoms with Crippen molar-refractivity contribution >= 4 is 35.4 Å². The summed E-state index contributed by atoms with van der Waals surface area (Å²) in [6.07, 6.45) is 4.88. The molecular weight excluding hydrogens is 346 g/mol. The maximum atomic E-state index is 12.0. The van der Waals surface area contributed by atoms with Crippen molar-refractivity contribution in [1.82, 2.24) is 0 Å². The van der Waals surface area contributed by atoms with E-state index in [2.05, 4.69) is 4.99 Å². The van der Waals surface area contributed by atoms with Gasteiger partial charge in [0.05, 0.1) is 4.92 Å². The quantitative estimate of drug-likeness (QED) is 0.350. The first-order valence-corrected chi connectivity index (χ1v) is 8.15. The number of benzene rings is 2. The molecule has 7 nitrogen and oxygen atoms in total. The van der Waals surface area contributed by atoms with Crippen LogP contribution in [0.4, 0.5) is 11.4 Å². The van der Waals surface area contributed by atoms with Gasteiger partial charge in [0, 0.05) is 38.0 Å². The van der Waals surface area contributed by atoms with E-state index in [-0.39, 0.29) is 17.3 Å². The van der Waals surface area contributed by atoms with Gasteiger partial charge in [-0.15, -0.1) is 0 Å². The molecule has 1 heterocycles. The molecule has 1 aliphatic heterocycles. The number of hydrogen-bond donors (Lipinski definition) is 0. The van der Waals surface area contributed by atoms with Gasteiger partial charge in [-0.2, -0.15) is 0 Å². The number of nitro benzene ring substituents is 1. The molecule has 0 amide bonds. The van der Waals surface area contributed by atoms with E-state index < -0.39 is 10.9 Å². The van der Waals surface area contributed by atoms with Crippen molar-refractivity contribution in [2.45, 2.75) is 0 Å². The molecule has 3 rings (SSSR count). The van der Waals surface area contributed by atoms with Gasteiger partial charge in [-0.1, -0.05) is 12.1 Å². The van der Waals surface area contributed by atoms with Gasteiger partial charge >= 0.3 is 5.97 Å². The molecule has 27 heavy (non-hydrogen) atoms. The molecule has 2 aromatic carbocycles. The van der Waals surface area contributed by atoms with E-state index >= 15 is 0 Å². The van der Waals surface area contributed by atoms with Crippen LogP contribution in [0.1, 0.15) is 11.1 Å². The van der Waals surface area contributed by atoms with Crippen LogP contribution in [0, 0.1) is 10.1 Å². The second-order valence-corrected chi connectivity index (χ2v) is 6.04. The maximum absolute atomic E-state index is 12.0. The lowest BCUT2D eigenvalue weighted by atomic mass is 10.1. The predicted octanol–water partition coefficient (Wildman–Crippen LogP) is 3.67. The van der Waals surface area contributed by atoms with Crippen molar-refractivity contribution in [3.63, 3.8) is 0 Å². The summed E-state index contributed by atoms with van der Waals surface area (Å²) in [6, 6.07) is 13.7. The van der Waals surface area contributed by atoms with Crippen LogP contribution >= 0.6 is 0 Å². The molecule has 0 spiro atoms. The summed E-state index contributed by atoms with van der Waals surface area (Å²) in [6.45, 7) is 0. The molecule has 0 saturated heterocycles. The minimum atomic E-state index is -0.518. The minimum absolute atomic E-state index is 0.0160. The number of ether oxygens (including phenoxy) is 1. The zero-order valence-corrected chi connectivity index (χ0v) is 14.8. The maximum Gasteiger partial charge on any atom is 0.363 e. The lowest BCUT2D eigenvalue weighted by molar-refractivity contribution is -0.384. The predicted molar refractivity (Wildman–Crippen MR) is 104 cm³/mol. The number of nitro groups is 1. The Balaban J connectivity index is 1.74. The van der Waals surface area contributed by atoms with Crippen LogP contribution in [-0.2, 0) is 9.53 Å². The smallest absolute Gasteiger partial charge is 0.363 e. The monoisotopic (exact) mass is 363 g/mol. The largest absolute Gasteiger partial charge is 0.403 e. The van der Waals surface area contributed by atoms with Crippen LogP contribution < -0.4 is 4.90 Å². The number of rotatable bonds is 5. The number of esters is 1. The topological polar surface area (TPSA) is 85.0 Å². The van der Waals surface area contributed by atoms with E-state index in [9.17, 15) is 14.9 Å². The normalized spacial score (nSPS) is 15.1. The molecule has 0 aliphatic carbocycles. The highest BCUT2D eigenvalue weighted by Gasteiger charge is 2.21. The third-order valence-corrected chi connectivity index (χ3v) is 3.87. The molecule has 0 atom stereocenters. The van der Waals surface area contributed by atoms with E-state index in [0.29, 0.717) is 0 Å².